The number of hydrogen-bond acceptors (Lipinski definition) is 6. The Bertz CT molecular complexity index is 576. The number of carbonyl (C=O) groups is 3. The van der Waals surface area contributed by atoms with Gasteiger partial charge < -0.3 is 0 Å². The standard InChI is InChI=1S/C11H14N6O3/c1-15-8(12-13-14-15)6-16-9(18)10(19)17(11(16)20)7-4-2-3-5-7/h7H,2-6H2,1H3. The Morgan fingerprint density at radius 2 is 1.85 bits per heavy atom. The second kappa shape index (κ2) is 4.66. The van der Waals surface area contributed by atoms with Crippen LogP contribution in [0.4, 0.5) is 4.79 Å². The van der Waals surface area contributed by atoms with Crippen LogP contribution in [0.3, 0.4) is 0 Å². The number of amides is 4. The van der Waals surface area contributed by atoms with E-state index in [-0.39, 0.29) is 12.6 Å². The van der Waals surface area contributed by atoms with Gasteiger partial charge in [0, 0.05) is 13.1 Å². The first-order valence-corrected chi connectivity index (χ1v) is 6.50. The van der Waals surface area contributed by atoms with Crippen LogP contribution in [0, 0.1) is 0 Å². The maximum Gasteiger partial charge on any atom is 0.334 e. The van der Waals surface area contributed by atoms with E-state index in [2.05, 4.69) is 15.5 Å². The molecule has 0 N–H and O–H groups in total. The Kier molecular flexibility index (Phi) is 2.96. The third-order valence-corrected chi connectivity index (χ3v) is 3.78. The monoisotopic (exact) mass is 278 g/mol. The maximum absolute atomic E-state index is 12.3. The first-order valence-electron chi connectivity index (χ1n) is 6.50. The fourth-order valence-corrected chi connectivity index (χ4v) is 2.67. The summed E-state index contributed by atoms with van der Waals surface area (Å²) in [5.41, 5.74) is 0. The molecule has 106 valence electrons. The van der Waals surface area contributed by atoms with Crippen LogP contribution in [0.2, 0.25) is 0 Å². The molecule has 0 spiro atoms. The summed E-state index contributed by atoms with van der Waals surface area (Å²) in [6.45, 7) is -0.0872. The van der Waals surface area contributed by atoms with Crippen LogP contribution in [0.25, 0.3) is 0 Å². The van der Waals surface area contributed by atoms with E-state index in [4.69, 9.17) is 0 Å². The molecule has 1 saturated carbocycles. The van der Waals surface area contributed by atoms with Crippen molar-refractivity contribution in [2.24, 2.45) is 7.05 Å². The van der Waals surface area contributed by atoms with Crippen LogP contribution in [0.1, 0.15) is 31.5 Å². The van der Waals surface area contributed by atoms with Gasteiger partial charge in [-0.25, -0.2) is 14.4 Å². The summed E-state index contributed by atoms with van der Waals surface area (Å²) < 4.78 is 1.36. The van der Waals surface area contributed by atoms with Crippen molar-refractivity contribution in [2.75, 3.05) is 0 Å². The van der Waals surface area contributed by atoms with Crippen molar-refractivity contribution >= 4 is 17.8 Å². The summed E-state index contributed by atoms with van der Waals surface area (Å²) in [5, 5.41) is 10.8. The fourth-order valence-electron chi connectivity index (χ4n) is 2.67. The molecule has 9 nitrogen and oxygen atoms in total. The lowest BCUT2D eigenvalue weighted by Gasteiger charge is -2.20. The van der Waals surface area contributed by atoms with Crippen LogP contribution in [0.5, 0.6) is 0 Å². The molecule has 2 fully saturated rings. The predicted octanol–water partition coefficient (Wildman–Crippen LogP) is -0.557. The highest BCUT2D eigenvalue weighted by Gasteiger charge is 2.48. The number of imide groups is 2. The maximum atomic E-state index is 12.3. The zero-order chi connectivity index (χ0) is 14.3. The van der Waals surface area contributed by atoms with Crippen LogP contribution in [-0.2, 0) is 23.2 Å². The molecule has 3 rings (SSSR count). The zero-order valence-electron chi connectivity index (χ0n) is 11.0. The molecule has 1 aliphatic heterocycles. The highest BCUT2D eigenvalue weighted by molar-refractivity contribution is 6.44. The minimum atomic E-state index is -0.801. The number of urea groups is 1. The molecule has 0 radical (unpaired) electrons. The summed E-state index contributed by atoms with van der Waals surface area (Å²) >= 11 is 0. The Balaban J connectivity index is 1.82. The summed E-state index contributed by atoms with van der Waals surface area (Å²) in [6, 6.07) is -0.712. The van der Waals surface area contributed by atoms with Crippen LogP contribution in [0.15, 0.2) is 0 Å². The molecule has 4 amide bonds. The minimum absolute atomic E-state index is 0.0872. The number of hydrogen-bond donors (Lipinski definition) is 0. The highest BCUT2D eigenvalue weighted by Crippen LogP contribution is 2.28. The highest BCUT2D eigenvalue weighted by atomic mass is 16.2. The van der Waals surface area contributed by atoms with Gasteiger partial charge in [-0.3, -0.25) is 14.5 Å². The van der Waals surface area contributed by atoms with Crippen molar-refractivity contribution < 1.29 is 14.4 Å². The van der Waals surface area contributed by atoms with Gasteiger partial charge >= 0.3 is 17.8 Å². The summed E-state index contributed by atoms with van der Waals surface area (Å²) in [5.74, 6) is -1.19. The molecule has 2 heterocycles. The van der Waals surface area contributed by atoms with Gasteiger partial charge in [0.15, 0.2) is 5.82 Å². The van der Waals surface area contributed by atoms with E-state index in [0.717, 1.165) is 35.5 Å². The van der Waals surface area contributed by atoms with Gasteiger partial charge in [-0.05, 0) is 23.3 Å². The first kappa shape index (κ1) is 12.7. The Labute approximate surface area is 114 Å². The van der Waals surface area contributed by atoms with Crippen molar-refractivity contribution in [1.29, 1.82) is 0 Å². The second-order valence-corrected chi connectivity index (χ2v) is 5.01. The van der Waals surface area contributed by atoms with Crippen LogP contribution < -0.4 is 0 Å². The SMILES string of the molecule is Cn1nnnc1CN1C(=O)C(=O)N(C2CCCC2)C1=O. The van der Waals surface area contributed by atoms with E-state index in [0.29, 0.717) is 5.82 Å². The molecule has 2 aliphatic rings. The Morgan fingerprint density at radius 1 is 1.15 bits per heavy atom. The smallest absolute Gasteiger partial charge is 0.263 e. The number of carbonyl (C=O) groups excluding carboxylic acids is 3. The van der Waals surface area contributed by atoms with E-state index < -0.39 is 17.8 Å². The number of aromatic nitrogens is 4. The molecule has 0 bridgehead atoms. The molecule has 0 unspecified atom stereocenters. The van der Waals surface area contributed by atoms with E-state index in [1.165, 1.54) is 4.68 Å². The number of nitrogens with zero attached hydrogens (tertiary/aromatic N) is 6. The molecule has 9 heteroatoms. The Morgan fingerprint density at radius 3 is 2.45 bits per heavy atom. The molecule has 20 heavy (non-hydrogen) atoms. The van der Waals surface area contributed by atoms with Gasteiger partial charge in [-0.15, -0.1) is 5.10 Å². The quantitative estimate of drug-likeness (QED) is 0.542. The van der Waals surface area contributed by atoms with Crippen LogP contribution >= 0.6 is 0 Å². The van der Waals surface area contributed by atoms with Crippen molar-refractivity contribution in [3.05, 3.63) is 5.82 Å². The summed E-state index contributed by atoms with van der Waals surface area (Å²) in [7, 11) is 1.61. The predicted molar refractivity (Wildman–Crippen MR) is 63.8 cm³/mol. The molecular formula is C11H14N6O3. The van der Waals surface area contributed by atoms with E-state index >= 15 is 0 Å². The van der Waals surface area contributed by atoms with Gasteiger partial charge in [0.1, 0.15) is 0 Å². The average molecular weight is 278 g/mol. The summed E-state index contributed by atoms with van der Waals surface area (Å²) in [6.07, 6.45) is 3.49. The third-order valence-electron chi connectivity index (χ3n) is 3.78. The van der Waals surface area contributed by atoms with Gasteiger partial charge in [0.2, 0.25) is 0 Å². The second-order valence-electron chi connectivity index (χ2n) is 5.01. The van der Waals surface area contributed by atoms with Gasteiger partial charge in [0.25, 0.3) is 0 Å². The largest absolute Gasteiger partial charge is 0.334 e. The third kappa shape index (κ3) is 1.86. The molecule has 0 atom stereocenters. The minimum Gasteiger partial charge on any atom is -0.263 e. The fraction of sp³-hybridized carbons (Fsp3) is 0.636. The molecule has 0 aromatic carbocycles. The van der Waals surface area contributed by atoms with Crippen molar-refractivity contribution in [3.8, 4) is 0 Å². The van der Waals surface area contributed by atoms with E-state index in [9.17, 15) is 14.4 Å². The van der Waals surface area contributed by atoms with Crippen LogP contribution in [-0.4, -0.2) is 53.9 Å². The Hall–Kier alpha value is -2.32. The number of aryl methyl sites for hydroxylation is 1. The van der Waals surface area contributed by atoms with Crippen molar-refractivity contribution in [2.45, 2.75) is 38.3 Å². The van der Waals surface area contributed by atoms with Crippen molar-refractivity contribution in [3.63, 3.8) is 0 Å². The zero-order valence-corrected chi connectivity index (χ0v) is 11.0. The lowest BCUT2D eigenvalue weighted by Crippen LogP contribution is -2.39. The van der Waals surface area contributed by atoms with Gasteiger partial charge in [0.05, 0.1) is 6.54 Å². The number of tetrazole rings is 1. The number of rotatable bonds is 3. The molecular weight excluding hydrogens is 264 g/mol. The van der Waals surface area contributed by atoms with Gasteiger partial charge in [-0.2, -0.15) is 0 Å². The van der Waals surface area contributed by atoms with Crippen molar-refractivity contribution in [1.82, 2.24) is 30.0 Å². The topological polar surface area (TPSA) is 101 Å². The molecule has 1 aromatic rings. The summed E-state index contributed by atoms with van der Waals surface area (Å²) in [4.78, 5) is 38.2. The lowest BCUT2D eigenvalue weighted by molar-refractivity contribution is -0.144. The first-order chi connectivity index (χ1) is 9.59. The van der Waals surface area contributed by atoms with E-state index in [1.807, 2.05) is 0 Å². The molecule has 1 aromatic heterocycles. The molecule has 1 saturated heterocycles. The normalized spacial score (nSPS) is 20.6. The van der Waals surface area contributed by atoms with E-state index in [1.54, 1.807) is 7.05 Å². The average Bonchev–Trinajstić information content (AvgIpc) is 3.10. The lowest BCUT2D eigenvalue weighted by atomic mass is 10.2. The molecule has 1 aliphatic carbocycles. The van der Waals surface area contributed by atoms with Gasteiger partial charge in [-0.1, -0.05) is 12.8 Å².